The van der Waals surface area contributed by atoms with Crippen LogP contribution >= 0.6 is 0 Å². The minimum Gasteiger partial charge on any atom is -0.354 e. The van der Waals surface area contributed by atoms with E-state index in [4.69, 9.17) is 9.97 Å². The van der Waals surface area contributed by atoms with Gasteiger partial charge in [0, 0.05) is 65.9 Å². The molecule has 2 N–H and O–H groups in total. The lowest BCUT2D eigenvalue weighted by molar-refractivity contribution is 0.867. The molecule has 4 aromatic carbocycles. The van der Waals surface area contributed by atoms with Gasteiger partial charge in [-0.15, -0.1) is 0 Å². The average molecular weight is 553 g/mol. The van der Waals surface area contributed by atoms with Gasteiger partial charge >= 0.3 is 0 Å². The van der Waals surface area contributed by atoms with E-state index >= 15 is 0 Å². The van der Waals surface area contributed by atoms with Gasteiger partial charge in [-0.25, -0.2) is 9.97 Å². The summed E-state index contributed by atoms with van der Waals surface area (Å²) >= 11 is 0. The van der Waals surface area contributed by atoms with Crippen molar-refractivity contribution in [2.75, 3.05) is 0 Å². The Morgan fingerprint density at radius 2 is 0.791 bits per heavy atom. The first-order valence-corrected chi connectivity index (χ1v) is 14.9. The molecule has 0 fully saturated rings. The summed E-state index contributed by atoms with van der Waals surface area (Å²) in [6.45, 7) is 4.48. The fraction of sp³-hybridized carbons (Fsp3) is 0.0769. The maximum Gasteiger partial charge on any atom is 0.0737 e. The van der Waals surface area contributed by atoms with E-state index in [2.05, 4.69) is 139 Å². The number of H-pyrrole nitrogens is 2. The molecular weight excluding hydrogens is 524 g/mol. The van der Waals surface area contributed by atoms with Gasteiger partial charge < -0.3 is 9.97 Å². The van der Waals surface area contributed by atoms with Crippen LogP contribution < -0.4 is 0 Å². The minimum absolute atomic E-state index is 0.427. The largest absolute Gasteiger partial charge is 0.354 e. The van der Waals surface area contributed by atoms with E-state index < -0.39 is 0 Å². The van der Waals surface area contributed by atoms with Crippen molar-refractivity contribution in [1.29, 1.82) is 0 Å². The highest BCUT2D eigenvalue weighted by atomic mass is 14.8. The van der Waals surface area contributed by atoms with Crippen molar-refractivity contribution in [1.82, 2.24) is 19.9 Å². The molecule has 0 aliphatic carbocycles. The molecule has 0 saturated carbocycles. The number of aromatic nitrogens is 4. The van der Waals surface area contributed by atoms with Gasteiger partial charge in [-0.1, -0.05) is 98.8 Å². The van der Waals surface area contributed by atoms with Crippen LogP contribution in [0.2, 0.25) is 0 Å². The molecule has 0 saturated heterocycles. The lowest BCUT2D eigenvalue weighted by Gasteiger charge is -2.08. The third kappa shape index (κ3) is 3.70. The molecule has 0 amide bonds. The van der Waals surface area contributed by atoms with Gasteiger partial charge in [0.25, 0.3) is 0 Å². The molecule has 0 atom stereocenters. The lowest BCUT2D eigenvalue weighted by atomic mass is 9.96. The quantitative estimate of drug-likeness (QED) is 0.213. The molecule has 0 spiro atoms. The highest BCUT2D eigenvalue weighted by molar-refractivity contribution is 6.10. The maximum absolute atomic E-state index is 5.27. The van der Waals surface area contributed by atoms with Gasteiger partial charge in [-0.2, -0.15) is 0 Å². The standard InChI is InChI=1S/C39H28N4/c1-22(2)23-15-16-30-31(17-23)39-21-37-29-14-8-7-13-28(29)35(42-37)19-33-25-10-4-3-9-24(25)32(40-33)18-34-26-11-5-6-12-27(26)36(41-34)20-38(30)43-39/h3-22,41-42H,1-2H3. The molecule has 0 unspecified atom stereocenters. The van der Waals surface area contributed by atoms with E-state index in [0.717, 1.165) is 61.5 Å². The van der Waals surface area contributed by atoms with Gasteiger partial charge in [0.05, 0.1) is 22.8 Å². The summed E-state index contributed by atoms with van der Waals surface area (Å²) in [4.78, 5) is 18.0. The van der Waals surface area contributed by atoms with Gasteiger partial charge in [-0.3, -0.25) is 0 Å². The zero-order chi connectivity index (χ0) is 28.7. The summed E-state index contributed by atoms with van der Waals surface area (Å²) in [6.07, 6.45) is 0. The number of benzene rings is 4. The summed E-state index contributed by atoms with van der Waals surface area (Å²) in [5.41, 5.74) is 13.9. The van der Waals surface area contributed by atoms with Crippen LogP contribution in [0.5, 0.6) is 0 Å². The van der Waals surface area contributed by atoms with E-state index in [1.807, 2.05) is 0 Å². The van der Waals surface area contributed by atoms with E-state index in [0.29, 0.717) is 5.92 Å². The first kappa shape index (κ1) is 24.2. The number of hydrogen-bond acceptors (Lipinski definition) is 2. The lowest BCUT2D eigenvalue weighted by Crippen LogP contribution is -1.88. The van der Waals surface area contributed by atoms with E-state index in [1.54, 1.807) is 0 Å². The van der Waals surface area contributed by atoms with Crippen LogP contribution in [-0.2, 0) is 0 Å². The first-order chi connectivity index (χ1) is 21.1. The van der Waals surface area contributed by atoms with Crippen molar-refractivity contribution >= 4 is 43.6 Å². The summed E-state index contributed by atoms with van der Waals surface area (Å²) < 4.78 is 0. The van der Waals surface area contributed by atoms with Crippen molar-refractivity contribution in [2.24, 2.45) is 0 Å². The topological polar surface area (TPSA) is 57.4 Å². The normalized spacial score (nSPS) is 12.2. The van der Waals surface area contributed by atoms with Crippen LogP contribution in [0.15, 0.2) is 115 Å². The first-order valence-electron chi connectivity index (χ1n) is 14.9. The number of hydrogen-bond donors (Lipinski definition) is 2. The smallest absolute Gasteiger partial charge is 0.0737 e. The summed E-state index contributed by atoms with van der Waals surface area (Å²) in [6, 6.07) is 41.2. The average Bonchev–Trinajstić information content (AvgIpc) is 3.76. The monoisotopic (exact) mass is 552 g/mol. The number of nitrogens with one attached hydrogen (secondary N) is 2. The second kappa shape index (κ2) is 9.01. The Morgan fingerprint density at radius 1 is 0.419 bits per heavy atom. The Labute approximate surface area is 248 Å². The minimum atomic E-state index is 0.427. The van der Waals surface area contributed by atoms with Crippen LogP contribution in [0.25, 0.3) is 88.6 Å². The molecule has 2 aliphatic rings. The van der Waals surface area contributed by atoms with Crippen molar-refractivity contribution in [3.05, 3.63) is 121 Å². The van der Waals surface area contributed by atoms with Crippen LogP contribution in [-0.4, -0.2) is 19.9 Å². The second-order valence-corrected chi connectivity index (χ2v) is 11.8. The Bertz CT molecular complexity index is 2430. The van der Waals surface area contributed by atoms with Crippen molar-refractivity contribution in [3.8, 4) is 45.0 Å². The molecule has 4 nitrogen and oxygen atoms in total. The van der Waals surface area contributed by atoms with Gasteiger partial charge in [-0.05, 0) is 41.8 Å². The molecule has 2 aliphatic heterocycles. The Balaban J connectivity index is 1.49. The summed E-state index contributed by atoms with van der Waals surface area (Å²) in [5.74, 6) is 0.427. The molecule has 4 heteroatoms. The predicted octanol–water partition coefficient (Wildman–Crippen LogP) is 10.4. The number of nitrogens with zero attached hydrogens (tertiary/aromatic N) is 2. The highest BCUT2D eigenvalue weighted by Gasteiger charge is 2.20. The summed E-state index contributed by atoms with van der Waals surface area (Å²) in [5, 5.41) is 4.67. The fourth-order valence-corrected chi connectivity index (χ4v) is 6.69. The Morgan fingerprint density at radius 3 is 1.21 bits per heavy atom. The zero-order valence-corrected chi connectivity index (χ0v) is 23.9. The van der Waals surface area contributed by atoms with Crippen molar-refractivity contribution in [3.63, 3.8) is 0 Å². The third-order valence-electron chi connectivity index (χ3n) is 8.90. The number of rotatable bonds is 1. The highest BCUT2D eigenvalue weighted by Crippen LogP contribution is 2.41. The fourth-order valence-electron chi connectivity index (χ4n) is 6.69. The number of aromatic amines is 2. The Hall–Kier alpha value is -5.48. The van der Waals surface area contributed by atoms with Gasteiger partial charge in [0.2, 0.25) is 0 Å². The van der Waals surface area contributed by atoms with Gasteiger partial charge in [0.15, 0.2) is 0 Å². The van der Waals surface area contributed by atoms with Crippen LogP contribution in [0, 0.1) is 0 Å². The van der Waals surface area contributed by atoms with E-state index in [-0.39, 0.29) is 0 Å². The molecule has 7 aromatic rings. The molecule has 0 radical (unpaired) electrons. The molecular formula is C39H28N4. The molecule has 8 bridgehead atoms. The molecule has 3 aromatic heterocycles. The third-order valence-corrected chi connectivity index (χ3v) is 8.90. The van der Waals surface area contributed by atoms with Crippen LogP contribution in [0.4, 0.5) is 0 Å². The van der Waals surface area contributed by atoms with Crippen LogP contribution in [0.3, 0.4) is 0 Å². The molecule has 5 heterocycles. The maximum atomic E-state index is 5.27. The SMILES string of the molecule is CC(C)c1ccc2c(c1)-c1cc3[nH]c(cc4nc(cc5[nH]c(cc-2n1)c1ccccc51)-c1ccccc1-4)c1ccccc31. The predicted molar refractivity (Wildman–Crippen MR) is 179 cm³/mol. The van der Waals surface area contributed by atoms with E-state index in [1.165, 1.54) is 32.7 Å². The second-order valence-electron chi connectivity index (χ2n) is 11.8. The van der Waals surface area contributed by atoms with Crippen LogP contribution in [0.1, 0.15) is 25.3 Å². The number of fused-ring (bicyclic) bond motifs is 20. The van der Waals surface area contributed by atoms with Gasteiger partial charge in [0.1, 0.15) is 0 Å². The molecule has 204 valence electrons. The molecule has 9 rings (SSSR count). The van der Waals surface area contributed by atoms with Crippen molar-refractivity contribution < 1.29 is 0 Å². The Kier molecular flexibility index (Phi) is 5.06. The summed E-state index contributed by atoms with van der Waals surface area (Å²) in [7, 11) is 0. The van der Waals surface area contributed by atoms with E-state index in [9.17, 15) is 0 Å². The zero-order valence-electron chi connectivity index (χ0n) is 23.9. The molecule has 43 heavy (non-hydrogen) atoms. The van der Waals surface area contributed by atoms with Crippen molar-refractivity contribution in [2.45, 2.75) is 19.8 Å².